The first-order valence-corrected chi connectivity index (χ1v) is 11.6. The van der Waals surface area contributed by atoms with Crippen LogP contribution in [0.25, 0.3) is 6.08 Å². The summed E-state index contributed by atoms with van der Waals surface area (Å²) in [5, 5.41) is 20.2. The molecule has 1 fully saturated rings. The lowest BCUT2D eigenvalue weighted by Gasteiger charge is -2.13. The summed E-state index contributed by atoms with van der Waals surface area (Å²) in [5.74, 6) is 0.389. The molecule has 160 valence electrons. The van der Waals surface area contributed by atoms with Crippen LogP contribution in [0.1, 0.15) is 34.5 Å². The van der Waals surface area contributed by atoms with Crippen molar-refractivity contribution < 1.29 is 14.3 Å². The van der Waals surface area contributed by atoms with Gasteiger partial charge in [0.2, 0.25) is 0 Å². The van der Waals surface area contributed by atoms with Crippen LogP contribution in [-0.4, -0.2) is 22.4 Å². The number of benzene rings is 2. The number of rotatable bonds is 7. The summed E-state index contributed by atoms with van der Waals surface area (Å²) >= 11 is 2.55. The average molecular weight is 462 g/mol. The summed E-state index contributed by atoms with van der Waals surface area (Å²) in [5.41, 5.74) is 2.14. The Hall–Kier alpha value is -3.41. The second-order valence-electron chi connectivity index (χ2n) is 6.84. The van der Waals surface area contributed by atoms with Crippen LogP contribution in [0.5, 0.6) is 11.5 Å². The number of thioether (sulfide) groups is 1. The van der Waals surface area contributed by atoms with Crippen LogP contribution in [0.3, 0.4) is 0 Å². The summed E-state index contributed by atoms with van der Waals surface area (Å²) in [7, 11) is 0. The number of carbonyl (C=O) groups excluding carboxylic acids is 1. The number of allylic oxidation sites excluding steroid dienone is 1. The third-order valence-electron chi connectivity index (χ3n) is 4.77. The number of aromatic nitrogens is 1. The molecule has 1 atom stereocenters. The Morgan fingerprint density at radius 3 is 2.81 bits per heavy atom. The molecule has 0 spiro atoms. The van der Waals surface area contributed by atoms with Gasteiger partial charge in [0.05, 0.1) is 28.2 Å². The largest absolute Gasteiger partial charge is 0.490 e. The molecule has 4 rings (SSSR count). The molecular weight excluding hydrogens is 442 g/mol. The molecule has 6 nitrogen and oxygen atoms in total. The number of nitriles is 1. The van der Waals surface area contributed by atoms with E-state index in [1.807, 2.05) is 42.6 Å². The molecule has 0 aliphatic carbocycles. The van der Waals surface area contributed by atoms with E-state index in [1.165, 1.54) is 23.1 Å². The standard InChI is InChI=1S/C24H19N3O3S2/c1-2-29-19-11-15(7-8-18(19)30-14-17-6-4-3-5-16(17)13-25)12-20-22(28)21(23(26)32-20)24-27-9-10-31-24/h3-12,21,26H,2,14H2,1H3/b20-12-,26-23?/t21-/m1/s1. The quantitative estimate of drug-likeness (QED) is 0.473. The number of Topliss-reactive ketones (excluding diaryl/α,β-unsaturated/α-hetero) is 1. The van der Waals surface area contributed by atoms with E-state index in [4.69, 9.17) is 14.9 Å². The van der Waals surface area contributed by atoms with Gasteiger partial charge in [0.1, 0.15) is 17.5 Å². The van der Waals surface area contributed by atoms with Gasteiger partial charge in [0.15, 0.2) is 17.3 Å². The van der Waals surface area contributed by atoms with Gasteiger partial charge in [-0.15, -0.1) is 11.3 Å². The Morgan fingerprint density at radius 1 is 1.22 bits per heavy atom. The van der Waals surface area contributed by atoms with E-state index in [2.05, 4.69) is 11.1 Å². The highest BCUT2D eigenvalue weighted by Crippen LogP contribution is 2.41. The highest BCUT2D eigenvalue weighted by Gasteiger charge is 2.38. The first kappa shape index (κ1) is 21.8. The van der Waals surface area contributed by atoms with Gasteiger partial charge < -0.3 is 9.47 Å². The fourth-order valence-electron chi connectivity index (χ4n) is 3.26. The molecular formula is C24H19N3O3S2. The van der Waals surface area contributed by atoms with Gasteiger partial charge >= 0.3 is 0 Å². The molecule has 0 radical (unpaired) electrons. The predicted octanol–water partition coefficient (Wildman–Crippen LogP) is 5.41. The van der Waals surface area contributed by atoms with Crippen molar-refractivity contribution in [1.29, 1.82) is 10.7 Å². The maximum atomic E-state index is 12.9. The number of hydrogen-bond donors (Lipinski definition) is 1. The highest BCUT2D eigenvalue weighted by molar-refractivity contribution is 8.19. The van der Waals surface area contributed by atoms with Crippen molar-refractivity contribution in [3.8, 4) is 17.6 Å². The lowest BCUT2D eigenvalue weighted by atomic mass is 10.0. The molecule has 2 aromatic carbocycles. The van der Waals surface area contributed by atoms with E-state index in [1.54, 1.807) is 24.4 Å². The van der Waals surface area contributed by atoms with E-state index >= 15 is 0 Å². The maximum Gasteiger partial charge on any atom is 0.186 e. The van der Waals surface area contributed by atoms with Gasteiger partial charge in [0, 0.05) is 17.1 Å². The average Bonchev–Trinajstić information content (AvgIpc) is 3.41. The van der Waals surface area contributed by atoms with Gasteiger partial charge in [-0.1, -0.05) is 36.0 Å². The molecule has 1 saturated heterocycles. The molecule has 0 bridgehead atoms. The Kier molecular flexibility index (Phi) is 6.69. The molecule has 2 heterocycles. The first-order chi connectivity index (χ1) is 15.6. The molecule has 0 unspecified atom stereocenters. The van der Waals surface area contributed by atoms with Gasteiger partial charge in [0.25, 0.3) is 0 Å². The van der Waals surface area contributed by atoms with Gasteiger partial charge in [-0.2, -0.15) is 5.26 Å². The normalized spacial score (nSPS) is 16.9. The van der Waals surface area contributed by atoms with E-state index < -0.39 is 5.92 Å². The second kappa shape index (κ2) is 9.81. The minimum absolute atomic E-state index is 0.110. The molecule has 32 heavy (non-hydrogen) atoms. The minimum atomic E-state index is -0.611. The minimum Gasteiger partial charge on any atom is -0.490 e. The van der Waals surface area contributed by atoms with E-state index in [-0.39, 0.29) is 17.4 Å². The van der Waals surface area contributed by atoms with Gasteiger partial charge in [-0.05, 0) is 36.8 Å². The zero-order valence-corrected chi connectivity index (χ0v) is 18.8. The SMILES string of the molecule is CCOc1cc(/C=C2\SC(=N)[C@H](c3nccs3)C2=O)ccc1OCc1ccccc1C#N. The van der Waals surface area contributed by atoms with E-state index in [0.29, 0.717) is 33.6 Å². The summed E-state index contributed by atoms with van der Waals surface area (Å²) in [6.07, 6.45) is 3.42. The van der Waals surface area contributed by atoms with Crippen LogP contribution in [0.4, 0.5) is 0 Å². The van der Waals surface area contributed by atoms with Crippen LogP contribution < -0.4 is 9.47 Å². The molecule has 1 aliphatic rings. The monoisotopic (exact) mass is 461 g/mol. The Morgan fingerprint density at radius 2 is 2.06 bits per heavy atom. The number of ketones is 1. The topological polar surface area (TPSA) is 96.1 Å². The van der Waals surface area contributed by atoms with E-state index in [9.17, 15) is 10.1 Å². The predicted molar refractivity (Wildman–Crippen MR) is 126 cm³/mol. The highest BCUT2D eigenvalue weighted by atomic mass is 32.2. The summed E-state index contributed by atoms with van der Waals surface area (Å²) in [6, 6.07) is 14.9. The molecule has 8 heteroatoms. The maximum absolute atomic E-state index is 12.9. The number of hydrogen-bond acceptors (Lipinski definition) is 8. The third-order valence-corrected chi connectivity index (χ3v) is 6.61. The van der Waals surface area contributed by atoms with Crippen LogP contribution in [0, 0.1) is 16.7 Å². The summed E-state index contributed by atoms with van der Waals surface area (Å²) in [4.78, 5) is 17.6. The smallest absolute Gasteiger partial charge is 0.186 e. The van der Waals surface area contributed by atoms with Crippen molar-refractivity contribution in [2.45, 2.75) is 19.4 Å². The summed E-state index contributed by atoms with van der Waals surface area (Å²) < 4.78 is 11.7. The Balaban J connectivity index is 1.56. The van der Waals surface area contributed by atoms with Gasteiger partial charge in [-0.3, -0.25) is 10.2 Å². The molecule has 0 saturated carbocycles. The van der Waals surface area contributed by atoms with Crippen LogP contribution in [0.15, 0.2) is 58.9 Å². The lowest BCUT2D eigenvalue weighted by Crippen LogP contribution is -2.11. The number of nitrogens with one attached hydrogen (secondary N) is 1. The van der Waals surface area contributed by atoms with Crippen molar-refractivity contribution in [2.75, 3.05) is 6.61 Å². The lowest BCUT2D eigenvalue weighted by molar-refractivity contribution is -0.114. The second-order valence-corrected chi connectivity index (χ2v) is 8.85. The zero-order valence-electron chi connectivity index (χ0n) is 17.2. The number of nitrogens with zero attached hydrogens (tertiary/aromatic N) is 2. The molecule has 1 N–H and O–H groups in total. The zero-order chi connectivity index (χ0) is 22.5. The first-order valence-electron chi connectivity index (χ1n) is 9.90. The van der Waals surface area contributed by atoms with Crippen molar-refractivity contribution in [3.63, 3.8) is 0 Å². The number of ether oxygens (including phenoxy) is 2. The molecule has 1 aliphatic heterocycles. The number of carbonyl (C=O) groups is 1. The van der Waals surface area contributed by atoms with Crippen molar-refractivity contribution in [1.82, 2.24) is 4.98 Å². The van der Waals surface area contributed by atoms with Crippen LogP contribution in [-0.2, 0) is 11.4 Å². The molecule has 1 aromatic heterocycles. The number of thiazole rings is 1. The molecule has 0 amide bonds. The summed E-state index contributed by atoms with van der Waals surface area (Å²) in [6.45, 7) is 2.58. The van der Waals surface area contributed by atoms with E-state index in [0.717, 1.165) is 11.1 Å². The van der Waals surface area contributed by atoms with Crippen molar-refractivity contribution in [3.05, 3.63) is 80.6 Å². The van der Waals surface area contributed by atoms with Gasteiger partial charge in [-0.25, -0.2) is 4.98 Å². The Labute approximate surface area is 194 Å². The third kappa shape index (κ3) is 4.59. The fourth-order valence-corrected chi connectivity index (χ4v) is 5.06. The molecule has 3 aromatic rings. The fraction of sp³-hybridized carbons (Fsp3) is 0.167. The van der Waals surface area contributed by atoms with Crippen molar-refractivity contribution in [2.24, 2.45) is 0 Å². The van der Waals surface area contributed by atoms with Crippen LogP contribution >= 0.6 is 23.1 Å². The Bertz CT molecular complexity index is 1230. The van der Waals surface area contributed by atoms with Crippen LogP contribution in [0.2, 0.25) is 0 Å². The van der Waals surface area contributed by atoms with Crippen molar-refractivity contribution >= 4 is 40.0 Å².